The first-order chi connectivity index (χ1) is 12.4. The van der Waals surface area contributed by atoms with Gasteiger partial charge >= 0.3 is 0 Å². The molecule has 2 aromatic rings. The van der Waals surface area contributed by atoms with Crippen molar-refractivity contribution in [2.24, 2.45) is 0 Å². The molecule has 0 aliphatic carbocycles. The summed E-state index contributed by atoms with van der Waals surface area (Å²) in [5, 5.41) is 0. The van der Waals surface area contributed by atoms with Crippen LogP contribution in [0.2, 0.25) is 0 Å². The van der Waals surface area contributed by atoms with Gasteiger partial charge in [0.1, 0.15) is 5.82 Å². The minimum atomic E-state index is -3.70. The molecule has 1 heterocycles. The normalized spacial score (nSPS) is 16.3. The van der Waals surface area contributed by atoms with Gasteiger partial charge in [0.05, 0.1) is 4.90 Å². The highest BCUT2D eigenvalue weighted by Crippen LogP contribution is 2.19. The Morgan fingerprint density at radius 1 is 0.923 bits per heavy atom. The van der Waals surface area contributed by atoms with Crippen LogP contribution in [0.1, 0.15) is 16.8 Å². The Labute approximate surface area is 160 Å². The summed E-state index contributed by atoms with van der Waals surface area (Å²) in [5.41, 5.74) is 0.572. The second-order valence-corrected chi connectivity index (χ2v) is 8.86. The number of amides is 1. The van der Waals surface area contributed by atoms with Gasteiger partial charge in [0.2, 0.25) is 10.0 Å². The minimum Gasteiger partial charge on any atom is -0.337 e. The van der Waals surface area contributed by atoms with Crippen LogP contribution in [-0.2, 0) is 10.0 Å². The molecule has 0 atom stereocenters. The average Bonchev–Trinajstić information content (AvgIpc) is 2.89. The molecule has 3 rings (SSSR count). The maximum absolute atomic E-state index is 13.1. The van der Waals surface area contributed by atoms with Gasteiger partial charge < -0.3 is 4.90 Å². The van der Waals surface area contributed by atoms with Crippen molar-refractivity contribution in [3.63, 3.8) is 0 Å². The van der Waals surface area contributed by atoms with Gasteiger partial charge in [0.15, 0.2) is 0 Å². The lowest BCUT2D eigenvalue weighted by Crippen LogP contribution is -2.37. The molecule has 1 aliphatic heterocycles. The zero-order valence-electron chi connectivity index (χ0n) is 13.9. The third kappa shape index (κ3) is 4.13. The molecule has 1 amide bonds. The lowest BCUT2D eigenvalue weighted by atomic mass is 10.2. The summed E-state index contributed by atoms with van der Waals surface area (Å²) in [7, 11) is -3.70. The SMILES string of the molecule is O=C(c1ccc(Br)cc1)N1CCCN(S(=O)(=O)c2ccc(F)cc2)CC1. The standard InChI is InChI=1S/C18H18BrFN2O3S/c19-15-4-2-14(3-5-15)18(23)21-10-1-11-22(13-12-21)26(24,25)17-8-6-16(20)7-9-17/h2-9H,1,10-13H2. The van der Waals surface area contributed by atoms with Crippen molar-refractivity contribution in [2.75, 3.05) is 26.2 Å². The molecule has 0 bridgehead atoms. The maximum atomic E-state index is 13.1. The summed E-state index contributed by atoms with van der Waals surface area (Å²) in [5.74, 6) is -0.593. The summed E-state index contributed by atoms with van der Waals surface area (Å²) in [6.07, 6.45) is 0.544. The second kappa shape index (κ2) is 7.85. The highest BCUT2D eigenvalue weighted by molar-refractivity contribution is 9.10. The second-order valence-electron chi connectivity index (χ2n) is 6.01. The molecule has 0 saturated carbocycles. The third-order valence-electron chi connectivity index (χ3n) is 4.28. The quantitative estimate of drug-likeness (QED) is 0.736. The van der Waals surface area contributed by atoms with Crippen molar-refractivity contribution in [1.29, 1.82) is 0 Å². The van der Waals surface area contributed by atoms with Gasteiger partial charge in [-0.3, -0.25) is 4.79 Å². The lowest BCUT2D eigenvalue weighted by molar-refractivity contribution is 0.0764. The fourth-order valence-corrected chi connectivity index (χ4v) is 4.60. The number of nitrogens with zero attached hydrogens (tertiary/aromatic N) is 2. The van der Waals surface area contributed by atoms with E-state index in [-0.39, 0.29) is 17.3 Å². The predicted octanol–water partition coefficient (Wildman–Crippen LogP) is 3.13. The smallest absolute Gasteiger partial charge is 0.253 e. The van der Waals surface area contributed by atoms with E-state index in [1.165, 1.54) is 16.4 Å². The van der Waals surface area contributed by atoms with Crippen molar-refractivity contribution in [2.45, 2.75) is 11.3 Å². The monoisotopic (exact) mass is 440 g/mol. The summed E-state index contributed by atoms with van der Waals surface area (Å²) in [6, 6.07) is 11.9. The number of benzene rings is 2. The first-order valence-electron chi connectivity index (χ1n) is 8.18. The fraction of sp³-hybridized carbons (Fsp3) is 0.278. The molecular weight excluding hydrogens is 423 g/mol. The van der Waals surface area contributed by atoms with Crippen molar-refractivity contribution in [3.05, 3.63) is 64.4 Å². The van der Waals surface area contributed by atoms with Crippen molar-refractivity contribution in [3.8, 4) is 0 Å². The van der Waals surface area contributed by atoms with E-state index in [9.17, 15) is 17.6 Å². The number of hydrogen-bond donors (Lipinski definition) is 0. The maximum Gasteiger partial charge on any atom is 0.253 e. The number of hydrogen-bond acceptors (Lipinski definition) is 3. The molecule has 2 aromatic carbocycles. The van der Waals surface area contributed by atoms with Crippen LogP contribution in [0.5, 0.6) is 0 Å². The first-order valence-corrected chi connectivity index (χ1v) is 10.4. The first kappa shape index (κ1) is 19.0. The van der Waals surface area contributed by atoms with Gasteiger partial charge in [0.25, 0.3) is 5.91 Å². The van der Waals surface area contributed by atoms with Gasteiger partial charge in [-0.2, -0.15) is 4.31 Å². The molecule has 0 radical (unpaired) electrons. The molecule has 26 heavy (non-hydrogen) atoms. The van der Waals surface area contributed by atoms with Crippen LogP contribution in [-0.4, -0.2) is 49.7 Å². The predicted molar refractivity (Wildman–Crippen MR) is 99.8 cm³/mol. The van der Waals surface area contributed by atoms with Gasteiger partial charge in [-0.1, -0.05) is 15.9 Å². The number of halogens is 2. The molecule has 1 saturated heterocycles. The fourth-order valence-electron chi connectivity index (χ4n) is 2.87. The van der Waals surface area contributed by atoms with Crippen LogP contribution >= 0.6 is 15.9 Å². The van der Waals surface area contributed by atoms with Gasteiger partial charge in [-0.25, -0.2) is 12.8 Å². The largest absolute Gasteiger partial charge is 0.337 e. The van der Waals surface area contributed by atoms with E-state index in [1.54, 1.807) is 29.2 Å². The van der Waals surface area contributed by atoms with E-state index < -0.39 is 15.8 Å². The Hall–Kier alpha value is -1.77. The van der Waals surface area contributed by atoms with E-state index in [4.69, 9.17) is 0 Å². The van der Waals surface area contributed by atoms with E-state index in [2.05, 4.69) is 15.9 Å². The van der Waals surface area contributed by atoms with E-state index in [0.717, 1.165) is 16.6 Å². The Morgan fingerprint density at radius 2 is 1.58 bits per heavy atom. The van der Waals surface area contributed by atoms with Gasteiger partial charge in [-0.05, 0) is 55.0 Å². The Kier molecular flexibility index (Phi) is 5.74. The van der Waals surface area contributed by atoms with Gasteiger partial charge in [-0.15, -0.1) is 0 Å². The van der Waals surface area contributed by atoms with Gasteiger partial charge in [0, 0.05) is 36.2 Å². The molecule has 0 unspecified atom stereocenters. The Morgan fingerprint density at radius 3 is 2.23 bits per heavy atom. The van der Waals surface area contributed by atoms with Crippen LogP contribution in [0.4, 0.5) is 4.39 Å². The number of carbonyl (C=O) groups excluding carboxylic acids is 1. The molecule has 1 aliphatic rings. The van der Waals surface area contributed by atoms with Crippen LogP contribution < -0.4 is 0 Å². The van der Waals surface area contributed by atoms with Crippen LogP contribution in [0, 0.1) is 5.82 Å². The lowest BCUT2D eigenvalue weighted by Gasteiger charge is -2.22. The Balaban J connectivity index is 1.72. The van der Waals surface area contributed by atoms with Crippen LogP contribution in [0.25, 0.3) is 0 Å². The number of carbonyl (C=O) groups is 1. The minimum absolute atomic E-state index is 0.0617. The highest BCUT2D eigenvalue weighted by atomic mass is 79.9. The molecule has 0 N–H and O–H groups in total. The topological polar surface area (TPSA) is 57.7 Å². The molecular formula is C18H18BrFN2O3S. The molecule has 5 nitrogen and oxygen atoms in total. The molecule has 1 fully saturated rings. The zero-order valence-corrected chi connectivity index (χ0v) is 16.3. The van der Waals surface area contributed by atoms with E-state index >= 15 is 0 Å². The van der Waals surface area contributed by atoms with Crippen molar-refractivity contribution < 1.29 is 17.6 Å². The summed E-state index contributed by atoms with van der Waals surface area (Å²) >= 11 is 3.34. The van der Waals surface area contributed by atoms with E-state index in [1.807, 2.05) is 0 Å². The summed E-state index contributed by atoms with van der Waals surface area (Å²) < 4.78 is 40.8. The van der Waals surface area contributed by atoms with E-state index in [0.29, 0.717) is 31.6 Å². The molecule has 0 spiro atoms. The third-order valence-corrected chi connectivity index (χ3v) is 6.73. The van der Waals surface area contributed by atoms with Crippen LogP contribution in [0.15, 0.2) is 57.9 Å². The molecule has 138 valence electrons. The Bertz CT molecular complexity index is 886. The zero-order chi connectivity index (χ0) is 18.7. The van der Waals surface area contributed by atoms with Crippen LogP contribution in [0.3, 0.4) is 0 Å². The number of sulfonamides is 1. The van der Waals surface area contributed by atoms with Crippen molar-refractivity contribution >= 4 is 31.9 Å². The summed E-state index contributed by atoms with van der Waals surface area (Å²) in [4.78, 5) is 14.4. The highest BCUT2D eigenvalue weighted by Gasteiger charge is 2.28. The molecule has 8 heteroatoms. The average molecular weight is 441 g/mol. The van der Waals surface area contributed by atoms with Crippen molar-refractivity contribution in [1.82, 2.24) is 9.21 Å². The summed E-state index contributed by atoms with van der Waals surface area (Å²) in [6.45, 7) is 1.34. The number of rotatable bonds is 3. The molecule has 0 aromatic heterocycles.